The maximum absolute atomic E-state index is 14.1. The molecule has 1 amide bonds. The molecular weight excluding hydrogens is 451 g/mol. The Morgan fingerprint density at radius 3 is 1.91 bits per heavy atom. The highest BCUT2D eigenvalue weighted by molar-refractivity contribution is 7.80. The fourth-order valence-electron chi connectivity index (χ4n) is 3.39. The molecule has 2 aromatic rings. The van der Waals surface area contributed by atoms with Crippen LogP contribution in [-0.4, -0.2) is 37.2 Å². The zero-order valence-electron chi connectivity index (χ0n) is 17.2. The lowest BCUT2D eigenvalue weighted by atomic mass is 10.2. The van der Waals surface area contributed by atoms with E-state index in [1.807, 2.05) is 11.8 Å². The molecule has 5 nitrogen and oxygen atoms in total. The molecule has 11 heteroatoms. The smallest absolute Gasteiger partial charge is 0.226 e. The number of thiocarbonyl (C=S) groups is 1. The van der Waals surface area contributed by atoms with Crippen LogP contribution in [0, 0.1) is 29.1 Å². The number of piperazine rings is 1. The third-order valence-electron chi connectivity index (χ3n) is 5.00. The quantitative estimate of drug-likeness (QED) is 0.294. The Hall–Kier alpha value is -2.95. The number of rotatable bonds is 5. The van der Waals surface area contributed by atoms with Crippen LogP contribution in [0.4, 0.5) is 39.0 Å². The van der Waals surface area contributed by atoms with Crippen molar-refractivity contribution >= 4 is 40.3 Å². The standard InChI is InChI=1S/C21H21F5N4OS/c1-2-3-14(31)28-21(32)27-12-4-6-13(7-5-12)29-8-10-30(11-9-29)20-18(25)16(23)15(22)17(24)19(20)26/h4-7H,2-3,8-11H2,1H3,(H2,27,28,31,32). The number of nitrogens with zero attached hydrogens (tertiary/aromatic N) is 2. The van der Waals surface area contributed by atoms with Crippen molar-refractivity contribution in [1.29, 1.82) is 0 Å². The lowest BCUT2D eigenvalue weighted by Crippen LogP contribution is -2.47. The molecule has 3 rings (SSSR count). The highest BCUT2D eigenvalue weighted by Crippen LogP contribution is 2.31. The molecule has 0 spiro atoms. The van der Waals surface area contributed by atoms with Crippen LogP contribution in [0.1, 0.15) is 19.8 Å². The van der Waals surface area contributed by atoms with Crippen LogP contribution in [-0.2, 0) is 4.79 Å². The first-order valence-corrected chi connectivity index (χ1v) is 10.4. The number of benzene rings is 2. The number of anilines is 3. The van der Waals surface area contributed by atoms with Gasteiger partial charge in [-0.2, -0.15) is 0 Å². The number of nitrogens with one attached hydrogen (secondary N) is 2. The molecule has 0 atom stereocenters. The summed E-state index contributed by atoms with van der Waals surface area (Å²) >= 11 is 5.09. The van der Waals surface area contributed by atoms with Crippen molar-refractivity contribution in [2.45, 2.75) is 19.8 Å². The monoisotopic (exact) mass is 472 g/mol. The Labute approximate surface area is 187 Å². The average molecular weight is 472 g/mol. The summed E-state index contributed by atoms with van der Waals surface area (Å²) in [5.41, 5.74) is 0.573. The van der Waals surface area contributed by atoms with Gasteiger partial charge in [0.05, 0.1) is 0 Å². The first-order chi connectivity index (χ1) is 15.2. The molecular formula is C21H21F5N4OS. The zero-order chi connectivity index (χ0) is 23.4. The SMILES string of the molecule is CCCC(=O)NC(=S)Nc1ccc(N2CCN(c3c(F)c(F)c(F)c(F)c3F)CC2)cc1. The lowest BCUT2D eigenvalue weighted by Gasteiger charge is -2.37. The first kappa shape index (κ1) is 23.7. The zero-order valence-corrected chi connectivity index (χ0v) is 18.0. The van der Waals surface area contributed by atoms with E-state index in [-0.39, 0.29) is 24.1 Å². The van der Waals surface area contributed by atoms with Crippen LogP contribution in [0.15, 0.2) is 24.3 Å². The average Bonchev–Trinajstić information content (AvgIpc) is 2.77. The maximum atomic E-state index is 14.1. The van der Waals surface area contributed by atoms with Crippen molar-refractivity contribution in [3.63, 3.8) is 0 Å². The van der Waals surface area contributed by atoms with Gasteiger partial charge >= 0.3 is 0 Å². The summed E-state index contributed by atoms with van der Waals surface area (Å²) in [6, 6.07) is 7.10. The molecule has 1 aliphatic heterocycles. The van der Waals surface area contributed by atoms with Gasteiger partial charge in [-0.1, -0.05) is 6.92 Å². The molecule has 1 heterocycles. The molecule has 0 unspecified atom stereocenters. The van der Waals surface area contributed by atoms with Crippen LogP contribution < -0.4 is 20.4 Å². The van der Waals surface area contributed by atoms with Crippen LogP contribution in [0.2, 0.25) is 0 Å². The Morgan fingerprint density at radius 2 is 1.38 bits per heavy atom. The van der Waals surface area contributed by atoms with Gasteiger partial charge in [0.15, 0.2) is 28.4 Å². The van der Waals surface area contributed by atoms with Crippen LogP contribution in [0.5, 0.6) is 0 Å². The van der Waals surface area contributed by atoms with E-state index < -0.39 is 34.8 Å². The van der Waals surface area contributed by atoms with E-state index in [1.165, 1.54) is 0 Å². The van der Waals surface area contributed by atoms with Crippen molar-refractivity contribution in [1.82, 2.24) is 5.32 Å². The van der Waals surface area contributed by atoms with Crippen molar-refractivity contribution in [2.24, 2.45) is 0 Å². The van der Waals surface area contributed by atoms with E-state index in [0.717, 1.165) is 10.6 Å². The van der Waals surface area contributed by atoms with Crippen molar-refractivity contribution < 1.29 is 26.7 Å². The summed E-state index contributed by atoms with van der Waals surface area (Å²) in [6.07, 6.45) is 1.08. The Morgan fingerprint density at radius 1 is 0.875 bits per heavy atom. The molecule has 0 radical (unpaired) electrons. The minimum absolute atomic E-state index is 0.0753. The second-order valence-electron chi connectivity index (χ2n) is 7.19. The van der Waals surface area contributed by atoms with E-state index in [0.29, 0.717) is 31.6 Å². The fraction of sp³-hybridized carbons (Fsp3) is 0.333. The van der Waals surface area contributed by atoms with Gasteiger partial charge in [-0.25, -0.2) is 22.0 Å². The maximum Gasteiger partial charge on any atom is 0.226 e. The highest BCUT2D eigenvalue weighted by atomic mass is 32.1. The second kappa shape index (κ2) is 10.1. The number of halogens is 5. The summed E-state index contributed by atoms with van der Waals surface area (Å²) in [6.45, 7) is 2.67. The first-order valence-electron chi connectivity index (χ1n) is 9.95. The minimum atomic E-state index is -2.17. The number of carbonyl (C=O) groups excluding carboxylic acids is 1. The molecule has 0 saturated carbocycles. The number of carbonyl (C=O) groups is 1. The summed E-state index contributed by atoms with van der Waals surface area (Å²) in [4.78, 5) is 14.7. The molecule has 2 N–H and O–H groups in total. The van der Waals surface area contributed by atoms with Gasteiger partial charge in [0.1, 0.15) is 5.69 Å². The Kier molecular flexibility index (Phi) is 7.49. The second-order valence-corrected chi connectivity index (χ2v) is 7.60. The number of hydrogen-bond acceptors (Lipinski definition) is 4. The van der Waals surface area contributed by atoms with Gasteiger partial charge in [0.2, 0.25) is 11.7 Å². The van der Waals surface area contributed by atoms with Crippen molar-refractivity contribution in [2.75, 3.05) is 41.3 Å². The topological polar surface area (TPSA) is 47.6 Å². The molecule has 0 bridgehead atoms. The third kappa shape index (κ3) is 5.09. The van der Waals surface area contributed by atoms with E-state index >= 15 is 0 Å². The van der Waals surface area contributed by atoms with Gasteiger partial charge < -0.3 is 20.4 Å². The van der Waals surface area contributed by atoms with Crippen molar-refractivity contribution in [3.8, 4) is 0 Å². The molecule has 1 saturated heterocycles. The Balaban J connectivity index is 1.62. The van der Waals surface area contributed by atoms with E-state index in [1.54, 1.807) is 24.3 Å². The van der Waals surface area contributed by atoms with Gasteiger partial charge in [-0.15, -0.1) is 0 Å². The summed E-state index contributed by atoms with van der Waals surface area (Å²) in [7, 11) is 0. The predicted molar refractivity (Wildman–Crippen MR) is 116 cm³/mol. The van der Waals surface area contributed by atoms with Gasteiger partial charge in [0.25, 0.3) is 0 Å². The normalized spacial score (nSPS) is 13.8. The Bertz CT molecular complexity index is 981. The van der Waals surface area contributed by atoms with Crippen LogP contribution >= 0.6 is 12.2 Å². The number of amides is 1. The predicted octanol–water partition coefficient (Wildman–Crippen LogP) is 4.32. The summed E-state index contributed by atoms with van der Waals surface area (Å²) in [5, 5.41) is 5.67. The summed E-state index contributed by atoms with van der Waals surface area (Å²) < 4.78 is 68.4. The molecule has 32 heavy (non-hydrogen) atoms. The van der Waals surface area contributed by atoms with Crippen LogP contribution in [0.3, 0.4) is 0 Å². The third-order valence-corrected chi connectivity index (χ3v) is 5.21. The van der Waals surface area contributed by atoms with Crippen molar-refractivity contribution in [3.05, 3.63) is 53.4 Å². The minimum Gasteiger partial charge on any atom is -0.368 e. The molecule has 1 fully saturated rings. The van der Waals surface area contributed by atoms with E-state index in [2.05, 4.69) is 10.6 Å². The largest absolute Gasteiger partial charge is 0.368 e. The lowest BCUT2D eigenvalue weighted by molar-refractivity contribution is -0.119. The molecule has 0 aromatic heterocycles. The molecule has 172 valence electrons. The highest BCUT2D eigenvalue weighted by Gasteiger charge is 2.30. The van der Waals surface area contributed by atoms with Gasteiger partial charge in [0, 0.05) is 44.0 Å². The molecule has 0 aliphatic carbocycles. The molecule has 1 aliphatic rings. The van der Waals surface area contributed by atoms with Gasteiger partial charge in [-0.3, -0.25) is 4.79 Å². The summed E-state index contributed by atoms with van der Waals surface area (Å²) in [5.74, 6) is -9.89. The van der Waals surface area contributed by atoms with Gasteiger partial charge in [-0.05, 0) is 42.9 Å². The van der Waals surface area contributed by atoms with Crippen LogP contribution in [0.25, 0.3) is 0 Å². The molecule has 2 aromatic carbocycles. The van der Waals surface area contributed by atoms with E-state index in [9.17, 15) is 26.7 Å². The van der Waals surface area contributed by atoms with E-state index in [4.69, 9.17) is 12.2 Å². The fourth-order valence-corrected chi connectivity index (χ4v) is 3.63. The number of hydrogen-bond donors (Lipinski definition) is 2.